The number of nitrogens with zero attached hydrogens (tertiary/aromatic N) is 4. The van der Waals surface area contributed by atoms with Gasteiger partial charge in [-0.2, -0.15) is 0 Å². The highest BCUT2D eigenvalue weighted by Gasteiger charge is 2.32. The third-order valence-corrected chi connectivity index (χ3v) is 6.61. The number of benzene rings is 1. The van der Waals surface area contributed by atoms with Gasteiger partial charge in [0.05, 0.1) is 16.8 Å². The van der Waals surface area contributed by atoms with Gasteiger partial charge in [-0.1, -0.05) is 23.5 Å². The lowest BCUT2D eigenvalue weighted by Gasteiger charge is -2.38. The summed E-state index contributed by atoms with van der Waals surface area (Å²) < 4.78 is 6.25. The monoisotopic (exact) mass is 402 g/mol. The van der Waals surface area contributed by atoms with Gasteiger partial charge < -0.3 is 19.4 Å². The molecule has 0 radical (unpaired) electrons. The number of anilines is 1. The minimum atomic E-state index is -0.279. The lowest BCUT2D eigenvalue weighted by molar-refractivity contribution is -0.137. The Morgan fingerprint density at radius 1 is 1.07 bits per heavy atom. The zero-order chi connectivity index (χ0) is 19.5. The molecule has 28 heavy (non-hydrogen) atoms. The average Bonchev–Trinajstić information content (AvgIpc) is 3.18. The molecule has 0 bridgehead atoms. The van der Waals surface area contributed by atoms with Crippen LogP contribution in [0.1, 0.15) is 19.8 Å². The Hall–Kier alpha value is -2.35. The van der Waals surface area contributed by atoms with E-state index in [-0.39, 0.29) is 17.9 Å². The molecule has 4 rings (SSSR count). The van der Waals surface area contributed by atoms with Crippen molar-refractivity contribution in [2.75, 3.05) is 50.8 Å². The van der Waals surface area contributed by atoms with Crippen LogP contribution < -0.4 is 4.90 Å². The van der Waals surface area contributed by atoms with Crippen LogP contribution in [0.15, 0.2) is 24.3 Å². The maximum absolute atomic E-state index is 12.9. The van der Waals surface area contributed by atoms with Gasteiger partial charge in [0.25, 0.3) is 0 Å². The fraction of sp³-hybridized carbons (Fsp3) is 0.550. The van der Waals surface area contributed by atoms with Crippen molar-refractivity contribution in [3.05, 3.63) is 24.3 Å². The van der Waals surface area contributed by atoms with Gasteiger partial charge in [0, 0.05) is 45.2 Å². The van der Waals surface area contributed by atoms with Crippen molar-refractivity contribution < 1.29 is 14.3 Å². The van der Waals surface area contributed by atoms with E-state index in [4.69, 9.17) is 9.72 Å². The number of amides is 2. The molecule has 2 saturated heterocycles. The van der Waals surface area contributed by atoms with Crippen LogP contribution in [0.5, 0.6) is 0 Å². The number of fused-ring (bicyclic) bond motifs is 1. The fourth-order valence-corrected chi connectivity index (χ4v) is 4.91. The topological polar surface area (TPSA) is 66.0 Å². The second-order valence-electron chi connectivity index (χ2n) is 7.24. The molecule has 7 nitrogen and oxygen atoms in total. The molecule has 0 spiro atoms. The number of piperazine rings is 1. The first kappa shape index (κ1) is 19.0. The number of hydrogen-bond acceptors (Lipinski definition) is 6. The van der Waals surface area contributed by atoms with Gasteiger partial charge in [0.15, 0.2) is 5.13 Å². The van der Waals surface area contributed by atoms with Crippen LogP contribution in [-0.2, 0) is 9.53 Å². The summed E-state index contributed by atoms with van der Waals surface area (Å²) in [5.74, 6) is 0.298. The highest BCUT2D eigenvalue weighted by atomic mass is 32.1. The van der Waals surface area contributed by atoms with Crippen LogP contribution in [0.25, 0.3) is 10.2 Å². The van der Waals surface area contributed by atoms with Gasteiger partial charge in [-0.3, -0.25) is 4.79 Å². The summed E-state index contributed by atoms with van der Waals surface area (Å²) in [6.45, 7) is 6.19. The average molecular weight is 403 g/mol. The molecule has 0 N–H and O–H groups in total. The molecule has 8 heteroatoms. The summed E-state index contributed by atoms with van der Waals surface area (Å²) in [5, 5.41) is 1.05. The Labute approximate surface area is 168 Å². The molecule has 2 fully saturated rings. The summed E-state index contributed by atoms with van der Waals surface area (Å²) in [5.41, 5.74) is 1.04. The quantitative estimate of drug-likeness (QED) is 0.790. The predicted molar refractivity (Wildman–Crippen MR) is 110 cm³/mol. The summed E-state index contributed by atoms with van der Waals surface area (Å²) >= 11 is 1.72. The van der Waals surface area contributed by atoms with Crippen molar-refractivity contribution >= 4 is 38.7 Å². The van der Waals surface area contributed by atoms with Crippen molar-refractivity contribution in [1.82, 2.24) is 14.8 Å². The Bertz CT molecular complexity index is 806. The van der Waals surface area contributed by atoms with E-state index in [1.54, 1.807) is 23.2 Å². The molecular weight excluding hydrogens is 376 g/mol. The predicted octanol–water partition coefficient (Wildman–Crippen LogP) is 2.81. The van der Waals surface area contributed by atoms with Gasteiger partial charge >= 0.3 is 6.09 Å². The number of thiazole rings is 1. The molecule has 2 amide bonds. The van der Waals surface area contributed by atoms with Gasteiger partial charge in [-0.25, -0.2) is 9.78 Å². The van der Waals surface area contributed by atoms with Crippen molar-refractivity contribution in [3.63, 3.8) is 0 Å². The maximum Gasteiger partial charge on any atom is 0.409 e. The molecule has 150 valence electrons. The fourth-order valence-electron chi connectivity index (χ4n) is 3.90. The molecule has 1 aromatic carbocycles. The van der Waals surface area contributed by atoms with E-state index in [1.807, 2.05) is 23.1 Å². The highest BCUT2D eigenvalue weighted by molar-refractivity contribution is 7.22. The van der Waals surface area contributed by atoms with Gasteiger partial charge in [-0.05, 0) is 31.9 Å². The van der Waals surface area contributed by atoms with Crippen LogP contribution in [0.4, 0.5) is 9.93 Å². The van der Waals surface area contributed by atoms with Crippen molar-refractivity contribution in [2.45, 2.75) is 19.8 Å². The Balaban J connectivity index is 1.29. The first-order valence-corrected chi connectivity index (χ1v) is 10.8. The number of aromatic nitrogens is 1. The largest absolute Gasteiger partial charge is 0.450 e. The van der Waals surface area contributed by atoms with E-state index in [2.05, 4.69) is 11.0 Å². The molecule has 2 aromatic rings. The molecule has 2 aliphatic rings. The van der Waals surface area contributed by atoms with Gasteiger partial charge in [0.2, 0.25) is 5.91 Å². The zero-order valence-electron chi connectivity index (χ0n) is 16.2. The molecule has 0 atom stereocenters. The summed E-state index contributed by atoms with van der Waals surface area (Å²) in [6.07, 6.45) is 1.43. The lowest BCUT2D eigenvalue weighted by atomic mass is 9.95. The lowest BCUT2D eigenvalue weighted by Crippen LogP contribution is -2.53. The maximum atomic E-state index is 12.9. The third kappa shape index (κ3) is 3.92. The number of para-hydroxylation sites is 1. The smallest absolute Gasteiger partial charge is 0.409 e. The van der Waals surface area contributed by atoms with E-state index in [1.165, 1.54) is 4.70 Å². The zero-order valence-corrected chi connectivity index (χ0v) is 17.0. The number of carbonyl (C=O) groups excluding carboxylic acids is 2. The van der Waals surface area contributed by atoms with Crippen molar-refractivity contribution in [3.8, 4) is 0 Å². The van der Waals surface area contributed by atoms with E-state index in [0.29, 0.717) is 32.8 Å². The van der Waals surface area contributed by atoms with Crippen LogP contribution in [0, 0.1) is 5.92 Å². The van der Waals surface area contributed by atoms with Crippen LogP contribution in [-0.4, -0.2) is 72.7 Å². The first-order chi connectivity index (χ1) is 13.7. The molecule has 0 unspecified atom stereocenters. The molecule has 0 saturated carbocycles. The molecule has 1 aromatic heterocycles. The molecular formula is C20H26N4O3S. The van der Waals surface area contributed by atoms with E-state index in [9.17, 15) is 9.59 Å². The second-order valence-corrected chi connectivity index (χ2v) is 8.25. The highest BCUT2D eigenvalue weighted by Crippen LogP contribution is 2.31. The number of carbonyl (C=O) groups is 2. The summed E-state index contributed by atoms with van der Waals surface area (Å²) in [4.78, 5) is 35.3. The summed E-state index contributed by atoms with van der Waals surface area (Å²) in [7, 11) is 0. The number of hydrogen-bond donors (Lipinski definition) is 0. The number of rotatable bonds is 3. The minimum absolute atomic E-state index is 0.0692. The Kier molecular flexibility index (Phi) is 5.66. The summed E-state index contributed by atoms with van der Waals surface area (Å²) in [6, 6.07) is 8.19. The number of piperidine rings is 1. The normalized spacial score (nSPS) is 18.5. The number of ether oxygens (including phenoxy) is 1. The van der Waals surface area contributed by atoms with Crippen LogP contribution in [0.2, 0.25) is 0 Å². The van der Waals surface area contributed by atoms with E-state index >= 15 is 0 Å². The SMILES string of the molecule is CCOC(=O)N1CCN(C(=O)C2CCN(c3nc4ccccc4s3)CC2)CC1. The standard InChI is InChI=1S/C20H26N4O3S/c1-2-27-20(26)24-13-11-22(12-14-24)18(25)15-7-9-23(10-8-15)19-21-16-5-3-4-6-17(16)28-19/h3-6,15H,2,7-14H2,1H3. The van der Waals surface area contributed by atoms with Crippen molar-refractivity contribution in [2.24, 2.45) is 5.92 Å². The van der Waals surface area contributed by atoms with Crippen molar-refractivity contribution in [1.29, 1.82) is 0 Å². The van der Waals surface area contributed by atoms with Crippen LogP contribution >= 0.6 is 11.3 Å². The van der Waals surface area contributed by atoms with E-state index < -0.39 is 0 Å². The second kappa shape index (κ2) is 8.34. The van der Waals surface area contributed by atoms with Crippen LogP contribution in [0.3, 0.4) is 0 Å². The van der Waals surface area contributed by atoms with Gasteiger partial charge in [0.1, 0.15) is 0 Å². The molecule has 0 aliphatic carbocycles. The third-order valence-electron chi connectivity index (χ3n) is 5.51. The van der Waals surface area contributed by atoms with E-state index in [0.717, 1.165) is 36.6 Å². The molecule has 3 heterocycles. The molecule has 2 aliphatic heterocycles. The Morgan fingerprint density at radius 3 is 2.43 bits per heavy atom. The van der Waals surface area contributed by atoms with Gasteiger partial charge in [-0.15, -0.1) is 0 Å². The Morgan fingerprint density at radius 2 is 1.75 bits per heavy atom. The first-order valence-electron chi connectivity index (χ1n) is 9.96. The minimum Gasteiger partial charge on any atom is -0.450 e.